The molecule has 1 rings (SSSR count). The minimum Gasteiger partial charge on any atom is -0.478 e. The Morgan fingerprint density at radius 3 is 2.59 bits per heavy atom. The van der Waals surface area contributed by atoms with Crippen LogP contribution in [0.25, 0.3) is 0 Å². The van der Waals surface area contributed by atoms with Gasteiger partial charge < -0.3 is 15.2 Å². The largest absolute Gasteiger partial charge is 0.478 e. The van der Waals surface area contributed by atoms with Crippen LogP contribution in [-0.2, 0) is 4.74 Å². The molecular formula is C13H22N2O2. The topological polar surface area (TPSA) is 57.4 Å². The zero-order valence-corrected chi connectivity index (χ0v) is 11.1. The van der Waals surface area contributed by atoms with Crippen LogP contribution in [0.4, 0.5) is 0 Å². The van der Waals surface area contributed by atoms with Crippen LogP contribution < -0.4 is 10.5 Å². The SMILES string of the molecule is COC(C)(C)CCOc1ccc([C@H](C)N)cn1. The molecule has 0 saturated carbocycles. The number of hydrogen-bond donors (Lipinski definition) is 1. The summed E-state index contributed by atoms with van der Waals surface area (Å²) in [6.07, 6.45) is 2.57. The zero-order chi connectivity index (χ0) is 12.9. The van der Waals surface area contributed by atoms with Crippen LogP contribution >= 0.6 is 0 Å². The number of aromatic nitrogens is 1. The summed E-state index contributed by atoms with van der Waals surface area (Å²) in [6.45, 7) is 6.58. The summed E-state index contributed by atoms with van der Waals surface area (Å²) >= 11 is 0. The summed E-state index contributed by atoms with van der Waals surface area (Å²) < 4.78 is 10.9. The Hall–Kier alpha value is -1.13. The first kappa shape index (κ1) is 13.9. The van der Waals surface area contributed by atoms with Gasteiger partial charge in [-0.3, -0.25) is 0 Å². The van der Waals surface area contributed by atoms with Crippen molar-refractivity contribution in [2.75, 3.05) is 13.7 Å². The molecule has 1 heterocycles. The molecule has 0 radical (unpaired) electrons. The Labute approximate surface area is 103 Å². The lowest BCUT2D eigenvalue weighted by Crippen LogP contribution is -2.25. The fraction of sp³-hybridized carbons (Fsp3) is 0.615. The molecule has 0 bridgehead atoms. The highest BCUT2D eigenvalue weighted by Crippen LogP contribution is 2.15. The van der Waals surface area contributed by atoms with E-state index in [-0.39, 0.29) is 11.6 Å². The number of nitrogens with zero attached hydrogens (tertiary/aromatic N) is 1. The predicted octanol–water partition coefficient (Wildman–Crippen LogP) is 2.30. The molecule has 0 aliphatic rings. The maximum atomic E-state index is 5.74. The minimum absolute atomic E-state index is 0.00368. The standard InChI is InChI=1S/C13H22N2O2/c1-10(14)11-5-6-12(15-9-11)17-8-7-13(2,3)16-4/h5-6,9-10H,7-8,14H2,1-4H3/t10-/m0/s1. The minimum atomic E-state index is -0.161. The molecule has 0 amide bonds. The number of pyridine rings is 1. The van der Waals surface area contributed by atoms with Gasteiger partial charge in [0.05, 0.1) is 12.2 Å². The molecule has 1 atom stereocenters. The molecule has 1 aromatic heterocycles. The highest BCUT2D eigenvalue weighted by molar-refractivity contribution is 5.19. The van der Waals surface area contributed by atoms with Crippen LogP contribution in [0.5, 0.6) is 5.88 Å². The van der Waals surface area contributed by atoms with E-state index in [1.807, 2.05) is 32.9 Å². The van der Waals surface area contributed by atoms with Crippen molar-refractivity contribution >= 4 is 0 Å². The van der Waals surface area contributed by atoms with Crippen molar-refractivity contribution in [3.05, 3.63) is 23.9 Å². The summed E-state index contributed by atoms with van der Waals surface area (Å²) in [5.41, 5.74) is 6.59. The van der Waals surface area contributed by atoms with Crippen LogP contribution in [0.3, 0.4) is 0 Å². The maximum absolute atomic E-state index is 5.74. The van der Waals surface area contributed by atoms with Crippen molar-refractivity contribution in [2.24, 2.45) is 5.73 Å². The lowest BCUT2D eigenvalue weighted by molar-refractivity contribution is 0.00508. The fourth-order valence-electron chi connectivity index (χ4n) is 1.25. The molecule has 96 valence electrons. The number of ether oxygens (including phenoxy) is 2. The van der Waals surface area contributed by atoms with Crippen LogP contribution in [0.2, 0.25) is 0 Å². The van der Waals surface area contributed by atoms with Gasteiger partial charge in [0.25, 0.3) is 0 Å². The zero-order valence-electron chi connectivity index (χ0n) is 11.1. The summed E-state index contributed by atoms with van der Waals surface area (Å²) in [4.78, 5) is 4.20. The Morgan fingerprint density at radius 1 is 1.41 bits per heavy atom. The quantitative estimate of drug-likeness (QED) is 0.826. The number of methoxy groups -OCH3 is 1. The van der Waals surface area contributed by atoms with E-state index in [2.05, 4.69) is 4.98 Å². The van der Waals surface area contributed by atoms with E-state index in [1.165, 1.54) is 0 Å². The summed E-state index contributed by atoms with van der Waals surface area (Å²) in [5, 5.41) is 0. The van der Waals surface area contributed by atoms with Crippen molar-refractivity contribution in [3.8, 4) is 5.88 Å². The molecule has 17 heavy (non-hydrogen) atoms. The van der Waals surface area contributed by atoms with Gasteiger partial charge in [-0.2, -0.15) is 0 Å². The molecule has 0 saturated heterocycles. The van der Waals surface area contributed by atoms with E-state index in [0.29, 0.717) is 12.5 Å². The average molecular weight is 238 g/mol. The van der Waals surface area contributed by atoms with E-state index >= 15 is 0 Å². The number of hydrogen-bond acceptors (Lipinski definition) is 4. The third kappa shape index (κ3) is 4.71. The van der Waals surface area contributed by atoms with E-state index in [0.717, 1.165) is 12.0 Å². The first-order chi connectivity index (χ1) is 7.94. The van der Waals surface area contributed by atoms with Crippen LogP contribution in [0.1, 0.15) is 38.8 Å². The number of rotatable bonds is 6. The van der Waals surface area contributed by atoms with Crippen LogP contribution in [0, 0.1) is 0 Å². The highest BCUT2D eigenvalue weighted by atomic mass is 16.5. The van der Waals surface area contributed by atoms with Crippen LogP contribution in [-0.4, -0.2) is 24.3 Å². The van der Waals surface area contributed by atoms with E-state index in [1.54, 1.807) is 13.3 Å². The highest BCUT2D eigenvalue weighted by Gasteiger charge is 2.16. The Morgan fingerprint density at radius 2 is 2.12 bits per heavy atom. The third-order valence-corrected chi connectivity index (χ3v) is 2.79. The van der Waals surface area contributed by atoms with E-state index in [4.69, 9.17) is 15.2 Å². The first-order valence-corrected chi connectivity index (χ1v) is 5.84. The molecule has 2 N–H and O–H groups in total. The van der Waals surface area contributed by atoms with Crippen molar-refractivity contribution in [1.82, 2.24) is 4.98 Å². The second-order valence-electron chi connectivity index (χ2n) is 4.78. The molecule has 0 aliphatic heterocycles. The van der Waals surface area contributed by atoms with E-state index in [9.17, 15) is 0 Å². The van der Waals surface area contributed by atoms with Crippen molar-refractivity contribution < 1.29 is 9.47 Å². The van der Waals surface area contributed by atoms with Gasteiger partial charge in [0.1, 0.15) is 0 Å². The molecule has 0 aromatic carbocycles. The summed E-state index contributed by atoms with van der Waals surface area (Å²) in [6, 6.07) is 3.79. The molecule has 0 unspecified atom stereocenters. The van der Waals surface area contributed by atoms with Gasteiger partial charge in [0, 0.05) is 31.8 Å². The van der Waals surface area contributed by atoms with E-state index < -0.39 is 0 Å². The molecule has 4 nitrogen and oxygen atoms in total. The molecule has 1 aromatic rings. The Balaban J connectivity index is 2.42. The van der Waals surface area contributed by atoms with Gasteiger partial charge >= 0.3 is 0 Å². The lowest BCUT2D eigenvalue weighted by atomic mass is 10.1. The number of nitrogens with two attached hydrogens (primary N) is 1. The van der Waals surface area contributed by atoms with Gasteiger partial charge in [-0.15, -0.1) is 0 Å². The average Bonchev–Trinajstić information content (AvgIpc) is 2.29. The first-order valence-electron chi connectivity index (χ1n) is 5.84. The predicted molar refractivity (Wildman–Crippen MR) is 68.0 cm³/mol. The molecular weight excluding hydrogens is 216 g/mol. The van der Waals surface area contributed by atoms with Gasteiger partial charge in [0.15, 0.2) is 0 Å². The second kappa shape index (κ2) is 5.98. The maximum Gasteiger partial charge on any atom is 0.213 e. The van der Waals surface area contributed by atoms with Gasteiger partial charge in [0.2, 0.25) is 5.88 Å². The lowest BCUT2D eigenvalue weighted by Gasteiger charge is -2.22. The monoisotopic (exact) mass is 238 g/mol. The van der Waals surface area contributed by atoms with Gasteiger partial charge in [-0.1, -0.05) is 6.07 Å². The van der Waals surface area contributed by atoms with Gasteiger partial charge in [-0.05, 0) is 26.3 Å². The summed E-state index contributed by atoms with van der Waals surface area (Å²) in [7, 11) is 1.70. The Bertz CT molecular complexity index is 334. The van der Waals surface area contributed by atoms with Crippen LogP contribution in [0.15, 0.2) is 18.3 Å². The Kier molecular flexibility index (Phi) is 4.90. The second-order valence-corrected chi connectivity index (χ2v) is 4.78. The van der Waals surface area contributed by atoms with Crippen molar-refractivity contribution in [1.29, 1.82) is 0 Å². The van der Waals surface area contributed by atoms with Crippen molar-refractivity contribution in [2.45, 2.75) is 38.8 Å². The molecule has 0 aliphatic carbocycles. The fourth-order valence-corrected chi connectivity index (χ4v) is 1.25. The normalized spacial score (nSPS) is 13.5. The summed E-state index contributed by atoms with van der Waals surface area (Å²) in [5.74, 6) is 0.626. The van der Waals surface area contributed by atoms with Gasteiger partial charge in [-0.25, -0.2) is 4.98 Å². The third-order valence-electron chi connectivity index (χ3n) is 2.79. The smallest absolute Gasteiger partial charge is 0.213 e. The molecule has 4 heteroatoms. The molecule has 0 spiro atoms. The van der Waals surface area contributed by atoms with Crippen molar-refractivity contribution in [3.63, 3.8) is 0 Å². The molecule has 0 fully saturated rings.